The van der Waals surface area contributed by atoms with Gasteiger partial charge in [0.25, 0.3) is 0 Å². The average Bonchev–Trinajstić information content (AvgIpc) is 2.55. The van der Waals surface area contributed by atoms with Gasteiger partial charge in [0, 0.05) is 0 Å². The number of benzene rings is 2. The van der Waals surface area contributed by atoms with Crippen LogP contribution < -0.4 is 5.32 Å². The molecular weight excluding hydrogens is 262 g/mol. The zero-order chi connectivity index (χ0) is 15.1. The van der Waals surface area contributed by atoms with Crippen molar-refractivity contribution in [3.05, 3.63) is 71.8 Å². The van der Waals surface area contributed by atoms with Gasteiger partial charge in [0.1, 0.15) is 0 Å². The van der Waals surface area contributed by atoms with E-state index < -0.39 is 5.54 Å². The van der Waals surface area contributed by atoms with Crippen LogP contribution in [0.2, 0.25) is 0 Å². The standard InChI is InChI=1S/C18H21NO2/c1-19-18(14-17(20)21-2,16-11-7-4-8-12-16)13-15-9-5-3-6-10-15/h3-12,19H,13-14H2,1-2H3. The van der Waals surface area contributed by atoms with Crippen LogP contribution in [-0.4, -0.2) is 20.1 Å². The minimum atomic E-state index is -0.463. The minimum absolute atomic E-state index is 0.218. The van der Waals surface area contributed by atoms with E-state index in [0.29, 0.717) is 6.42 Å². The first kappa shape index (κ1) is 15.3. The summed E-state index contributed by atoms with van der Waals surface area (Å²) in [5, 5.41) is 3.34. The zero-order valence-electron chi connectivity index (χ0n) is 12.5. The fraction of sp³-hybridized carbons (Fsp3) is 0.278. The van der Waals surface area contributed by atoms with E-state index in [2.05, 4.69) is 17.4 Å². The highest BCUT2D eigenvalue weighted by atomic mass is 16.5. The van der Waals surface area contributed by atoms with E-state index in [-0.39, 0.29) is 5.97 Å². The highest BCUT2D eigenvalue weighted by Crippen LogP contribution is 2.29. The third-order valence-electron chi connectivity index (χ3n) is 3.83. The van der Waals surface area contributed by atoms with Gasteiger partial charge in [-0.25, -0.2) is 0 Å². The lowest BCUT2D eigenvalue weighted by atomic mass is 9.81. The van der Waals surface area contributed by atoms with Gasteiger partial charge in [-0.05, 0) is 24.6 Å². The van der Waals surface area contributed by atoms with Crippen molar-refractivity contribution in [2.24, 2.45) is 0 Å². The summed E-state index contributed by atoms with van der Waals surface area (Å²) in [6.45, 7) is 0. The molecule has 0 saturated heterocycles. The molecule has 3 heteroatoms. The first-order chi connectivity index (χ1) is 10.2. The molecule has 2 aromatic rings. The van der Waals surface area contributed by atoms with Gasteiger partial charge in [0.15, 0.2) is 0 Å². The quantitative estimate of drug-likeness (QED) is 0.828. The second-order valence-corrected chi connectivity index (χ2v) is 5.11. The molecule has 0 fully saturated rings. The summed E-state index contributed by atoms with van der Waals surface area (Å²) in [5.41, 5.74) is 1.80. The Labute approximate surface area is 126 Å². The maximum absolute atomic E-state index is 11.9. The number of methoxy groups -OCH3 is 1. The molecule has 2 aromatic carbocycles. The number of ether oxygens (including phenoxy) is 1. The number of carbonyl (C=O) groups is 1. The number of nitrogens with one attached hydrogen (secondary N) is 1. The van der Waals surface area contributed by atoms with Crippen molar-refractivity contribution in [3.8, 4) is 0 Å². The van der Waals surface area contributed by atoms with Crippen molar-refractivity contribution in [2.45, 2.75) is 18.4 Å². The van der Waals surface area contributed by atoms with Crippen molar-refractivity contribution in [3.63, 3.8) is 0 Å². The smallest absolute Gasteiger partial charge is 0.307 e. The van der Waals surface area contributed by atoms with Crippen LogP contribution in [0, 0.1) is 0 Å². The molecule has 21 heavy (non-hydrogen) atoms. The Morgan fingerprint density at radius 1 is 1.05 bits per heavy atom. The van der Waals surface area contributed by atoms with Gasteiger partial charge >= 0.3 is 5.97 Å². The van der Waals surface area contributed by atoms with E-state index in [1.165, 1.54) is 12.7 Å². The predicted molar refractivity (Wildman–Crippen MR) is 84.0 cm³/mol. The molecule has 0 spiro atoms. The van der Waals surface area contributed by atoms with Crippen molar-refractivity contribution >= 4 is 5.97 Å². The maximum atomic E-state index is 11.9. The molecule has 0 heterocycles. The van der Waals surface area contributed by atoms with Gasteiger partial charge in [-0.2, -0.15) is 0 Å². The summed E-state index contributed by atoms with van der Waals surface area (Å²) in [7, 11) is 3.31. The lowest BCUT2D eigenvalue weighted by molar-refractivity contribution is -0.142. The SMILES string of the molecule is CNC(CC(=O)OC)(Cc1ccccc1)c1ccccc1. The largest absolute Gasteiger partial charge is 0.469 e. The summed E-state index contributed by atoms with van der Waals surface area (Å²) in [4.78, 5) is 11.9. The number of hydrogen-bond donors (Lipinski definition) is 1. The fourth-order valence-electron chi connectivity index (χ4n) is 2.61. The van der Waals surface area contributed by atoms with Gasteiger partial charge in [-0.3, -0.25) is 4.79 Å². The van der Waals surface area contributed by atoms with Crippen molar-refractivity contribution in [1.29, 1.82) is 0 Å². The van der Waals surface area contributed by atoms with E-state index in [1.54, 1.807) is 0 Å². The van der Waals surface area contributed by atoms with Crippen LogP contribution in [0.4, 0.5) is 0 Å². The van der Waals surface area contributed by atoms with Crippen LogP contribution in [-0.2, 0) is 21.5 Å². The van der Waals surface area contributed by atoms with Crippen LogP contribution in [0.5, 0.6) is 0 Å². The first-order valence-corrected chi connectivity index (χ1v) is 7.05. The normalized spacial score (nSPS) is 13.4. The Balaban J connectivity index is 2.39. The summed E-state index contributed by atoms with van der Waals surface area (Å²) >= 11 is 0. The molecule has 0 radical (unpaired) electrons. The molecule has 1 unspecified atom stereocenters. The second kappa shape index (κ2) is 7.04. The third-order valence-corrected chi connectivity index (χ3v) is 3.83. The Hall–Kier alpha value is -2.13. The fourth-order valence-corrected chi connectivity index (χ4v) is 2.61. The van der Waals surface area contributed by atoms with Crippen LogP contribution in [0.25, 0.3) is 0 Å². The second-order valence-electron chi connectivity index (χ2n) is 5.11. The lowest BCUT2D eigenvalue weighted by Crippen LogP contribution is -2.44. The molecule has 0 aliphatic rings. The summed E-state index contributed by atoms with van der Waals surface area (Å²) < 4.78 is 4.89. The van der Waals surface area contributed by atoms with Gasteiger partial charge in [0.2, 0.25) is 0 Å². The van der Waals surface area contributed by atoms with Crippen molar-refractivity contribution in [2.75, 3.05) is 14.2 Å². The highest BCUT2D eigenvalue weighted by Gasteiger charge is 2.33. The van der Waals surface area contributed by atoms with Crippen molar-refractivity contribution in [1.82, 2.24) is 5.32 Å². The molecule has 0 saturated carbocycles. The Bertz CT molecular complexity index is 568. The van der Waals surface area contributed by atoms with Crippen LogP contribution in [0.3, 0.4) is 0 Å². The molecule has 2 rings (SSSR count). The van der Waals surface area contributed by atoms with Gasteiger partial charge in [0.05, 0.1) is 19.1 Å². The van der Waals surface area contributed by atoms with Gasteiger partial charge in [-0.15, -0.1) is 0 Å². The maximum Gasteiger partial charge on any atom is 0.307 e. The lowest BCUT2D eigenvalue weighted by Gasteiger charge is -2.33. The third kappa shape index (κ3) is 3.70. The van der Waals surface area contributed by atoms with E-state index >= 15 is 0 Å². The Morgan fingerprint density at radius 3 is 2.14 bits per heavy atom. The van der Waals surface area contributed by atoms with Gasteiger partial charge < -0.3 is 10.1 Å². The summed E-state index contributed by atoms with van der Waals surface area (Å²) in [5.74, 6) is -0.218. The molecule has 3 nitrogen and oxygen atoms in total. The molecular formula is C18H21NO2. The zero-order valence-corrected chi connectivity index (χ0v) is 12.5. The van der Waals surface area contributed by atoms with Crippen LogP contribution >= 0.6 is 0 Å². The van der Waals surface area contributed by atoms with Crippen LogP contribution in [0.1, 0.15) is 17.5 Å². The molecule has 0 bridgehead atoms. The Morgan fingerprint density at radius 2 is 1.62 bits per heavy atom. The number of hydrogen-bond acceptors (Lipinski definition) is 3. The topological polar surface area (TPSA) is 38.3 Å². The molecule has 0 aromatic heterocycles. The monoisotopic (exact) mass is 283 g/mol. The highest BCUT2D eigenvalue weighted by molar-refractivity contribution is 5.71. The summed E-state index contributed by atoms with van der Waals surface area (Å²) in [6.07, 6.45) is 1.02. The van der Waals surface area contributed by atoms with E-state index in [1.807, 2.05) is 55.6 Å². The first-order valence-electron chi connectivity index (χ1n) is 7.05. The number of carbonyl (C=O) groups excluding carboxylic acids is 1. The van der Waals surface area contributed by atoms with E-state index in [0.717, 1.165) is 12.0 Å². The van der Waals surface area contributed by atoms with E-state index in [4.69, 9.17) is 4.74 Å². The minimum Gasteiger partial charge on any atom is -0.469 e. The number of rotatable bonds is 6. The predicted octanol–water partition coefficient (Wildman–Crippen LogP) is 2.91. The molecule has 1 N–H and O–H groups in total. The van der Waals surface area contributed by atoms with Crippen LogP contribution in [0.15, 0.2) is 60.7 Å². The molecule has 1 atom stereocenters. The molecule has 0 aliphatic carbocycles. The summed E-state index contributed by atoms with van der Waals surface area (Å²) in [6, 6.07) is 20.2. The average molecular weight is 283 g/mol. The number of likely N-dealkylation sites (N-methyl/N-ethyl adjacent to an activating group) is 1. The van der Waals surface area contributed by atoms with E-state index in [9.17, 15) is 4.79 Å². The molecule has 0 amide bonds. The number of esters is 1. The van der Waals surface area contributed by atoms with Crippen molar-refractivity contribution < 1.29 is 9.53 Å². The molecule has 110 valence electrons. The van der Waals surface area contributed by atoms with Gasteiger partial charge in [-0.1, -0.05) is 60.7 Å². The molecule has 0 aliphatic heterocycles. The Kier molecular flexibility index (Phi) is 5.12.